The summed E-state index contributed by atoms with van der Waals surface area (Å²) in [4.78, 5) is 25.0. The van der Waals surface area contributed by atoms with Gasteiger partial charge in [0.05, 0.1) is 4.90 Å². The lowest BCUT2D eigenvalue weighted by atomic mass is 10.1. The lowest BCUT2D eigenvalue weighted by molar-refractivity contribution is 0.0949. The lowest BCUT2D eigenvalue weighted by Crippen LogP contribution is -2.27. The maximum Gasteiger partial charge on any atom is 0.255 e. The molecule has 0 bridgehead atoms. The second-order valence-corrected chi connectivity index (χ2v) is 9.78. The molecule has 2 amide bonds. The van der Waals surface area contributed by atoms with Crippen molar-refractivity contribution in [2.75, 3.05) is 5.32 Å². The van der Waals surface area contributed by atoms with Crippen LogP contribution in [0.1, 0.15) is 52.1 Å². The van der Waals surface area contributed by atoms with Gasteiger partial charge in [0.1, 0.15) is 0 Å². The molecule has 0 heterocycles. The molecule has 3 aromatic rings. The zero-order valence-electron chi connectivity index (χ0n) is 18.1. The van der Waals surface area contributed by atoms with Crippen molar-refractivity contribution in [2.24, 2.45) is 0 Å². The van der Waals surface area contributed by atoms with Gasteiger partial charge >= 0.3 is 0 Å². The standard InChI is InChI=1S/C25H25N3O4S/c1-17(18-7-3-2-4-8-18)28-33(31,32)23-12-6-10-20(16-23)25(30)27-22-11-5-9-19(15-22)24(29)26-21-13-14-21/h2-12,15-17,21,28H,13-14H2,1H3,(H,26,29)(H,27,30). The van der Waals surface area contributed by atoms with Crippen molar-refractivity contribution in [1.29, 1.82) is 0 Å². The molecular weight excluding hydrogens is 438 g/mol. The zero-order valence-corrected chi connectivity index (χ0v) is 18.9. The van der Waals surface area contributed by atoms with Crippen molar-refractivity contribution in [3.8, 4) is 0 Å². The van der Waals surface area contributed by atoms with E-state index in [9.17, 15) is 18.0 Å². The molecule has 4 rings (SSSR count). The van der Waals surface area contributed by atoms with Crippen LogP contribution in [-0.4, -0.2) is 26.3 Å². The van der Waals surface area contributed by atoms with Crippen LogP contribution in [0.2, 0.25) is 0 Å². The Labute approximate surface area is 193 Å². The van der Waals surface area contributed by atoms with Crippen molar-refractivity contribution < 1.29 is 18.0 Å². The third-order valence-corrected chi connectivity index (χ3v) is 6.87. The Balaban J connectivity index is 1.47. The molecule has 170 valence electrons. The average molecular weight is 464 g/mol. The summed E-state index contributed by atoms with van der Waals surface area (Å²) in [6, 6.07) is 21.5. The van der Waals surface area contributed by atoms with Crippen molar-refractivity contribution in [3.05, 3.63) is 95.6 Å². The number of hydrogen-bond acceptors (Lipinski definition) is 4. The quantitative estimate of drug-likeness (QED) is 0.472. The van der Waals surface area contributed by atoms with E-state index in [1.807, 2.05) is 30.3 Å². The number of carbonyl (C=O) groups excluding carboxylic acids is 2. The molecule has 8 heteroatoms. The van der Waals surface area contributed by atoms with Crippen LogP contribution in [0.5, 0.6) is 0 Å². The molecular formula is C25H25N3O4S. The summed E-state index contributed by atoms with van der Waals surface area (Å²) in [6.45, 7) is 1.76. The maximum atomic E-state index is 12.9. The molecule has 0 aliphatic heterocycles. The molecule has 1 aliphatic rings. The van der Waals surface area contributed by atoms with Crippen LogP contribution >= 0.6 is 0 Å². The number of sulfonamides is 1. The molecule has 1 fully saturated rings. The summed E-state index contributed by atoms with van der Waals surface area (Å²) < 4.78 is 28.4. The molecule has 33 heavy (non-hydrogen) atoms. The van der Waals surface area contributed by atoms with Gasteiger partial charge in [-0.2, -0.15) is 0 Å². The average Bonchev–Trinajstić information content (AvgIpc) is 3.63. The third kappa shape index (κ3) is 5.85. The van der Waals surface area contributed by atoms with E-state index >= 15 is 0 Å². The third-order valence-electron chi connectivity index (χ3n) is 5.33. The predicted octanol–water partition coefficient (Wildman–Crippen LogP) is 3.87. The molecule has 7 nitrogen and oxygen atoms in total. The van der Waals surface area contributed by atoms with Crippen LogP contribution in [0.3, 0.4) is 0 Å². The van der Waals surface area contributed by atoms with Gasteiger partial charge in [-0.25, -0.2) is 13.1 Å². The van der Waals surface area contributed by atoms with Crippen molar-refractivity contribution in [3.63, 3.8) is 0 Å². The fraction of sp³-hybridized carbons (Fsp3) is 0.200. The number of amides is 2. The number of anilines is 1. The molecule has 1 aliphatic carbocycles. The lowest BCUT2D eigenvalue weighted by Gasteiger charge is -2.15. The highest BCUT2D eigenvalue weighted by Gasteiger charge is 2.24. The summed E-state index contributed by atoms with van der Waals surface area (Å²) in [5.74, 6) is -0.650. The first-order chi connectivity index (χ1) is 15.8. The van der Waals surface area contributed by atoms with Crippen molar-refractivity contribution in [1.82, 2.24) is 10.0 Å². The van der Waals surface area contributed by atoms with E-state index in [-0.39, 0.29) is 22.4 Å². The summed E-state index contributed by atoms with van der Waals surface area (Å²) in [5.41, 5.74) is 1.93. The molecule has 0 spiro atoms. The van der Waals surface area contributed by atoms with Gasteiger partial charge in [-0.15, -0.1) is 0 Å². The molecule has 1 unspecified atom stereocenters. The van der Waals surface area contributed by atoms with E-state index < -0.39 is 22.0 Å². The topological polar surface area (TPSA) is 104 Å². The molecule has 0 aromatic heterocycles. The number of benzene rings is 3. The van der Waals surface area contributed by atoms with E-state index in [4.69, 9.17) is 0 Å². The number of carbonyl (C=O) groups is 2. The van der Waals surface area contributed by atoms with Crippen LogP contribution < -0.4 is 15.4 Å². The molecule has 1 atom stereocenters. The minimum Gasteiger partial charge on any atom is -0.349 e. The van der Waals surface area contributed by atoms with Crippen molar-refractivity contribution in [2.45, 2.75) is 36.7 Å². The Morgan fingerprint density at radius 2 is 1.52 bits per heavy atom. The van der Waals surface area contributed by atoms with Crippen LogP contribution in [-0.2, 0) is 10.0 Å². The van der Waals surface area contributed by atoms with E-state index in [2.05, 4.69) is 15.4 Å². The van der Waals surface area contributed by atoms with Crippen LogP contribution in [0.15, 0.2) is 83.8 Å². The van der Waals surface area contributed by atoms with Crippen LogP contribution in [0.4, 0.5) is 5.69 Å². The highest BCUT2D eigenvalue weighted by atomic mass is 32.2. The second kappa shape index (κ2) is 9.56. The smallest absolute Gasteiger partial charge is 0.255 e. The molecule has 0 saturated heterocycles. The fourth-order valence-electron chi connectivity index (χ4n) is 3.35. The summed E-state index contributed by atoms with van der Waals surface area (Å²) in [7, 11) is -3.84. The van der Waals surface area contributed by atoms with Gasteiger partial charge in [0, 0.05) is 28.9 Å². The van der Waals surface area contributed by atoms with Gasteiger partial charge in [0.25, 0.3) is 11.8 Å². The molecule has 3 N–H and O–H groups in total. The monoisotopic (exact) mass is 463 g/mol. The minimum absolute atomic E-state index is 0.00417. The minimum atomic E-state index is -3.84. The second-order valence-electron chi connectivity index (χ2n) is 8.06. The first-order valence-electron chi connectivity index (χ1n) is 10.7. The molecule has 3 aromatic carbocycles. The van der Waals surface area contributed by atoms with Gasteiger partial charge in [-0.3, -0.25) is 9.59 Å². The molecule has 0 radical (unpaired) electrons. The molecule has 1 saturated carbocycles. The Bertz CT molecular complexity index is 1270. The Morgan fingerprint density at radius 1 is 0.848 bits per heavy atom. The van der Waals surface area contributed by atoms with Gasteiger partial charge in [0.2, 0.25) is 10.0 Å². The van der Waals surface area contributed by atoms with E-state index in [0.717, 1.165) is 18.4 Å². The van der Waals surface area contributed by atoms with Crippen LogP contribution in [0, 0.1) is 0 Å². The summed E-state index contributed by atoms with van der Waals surface area (Å²) in [5, 5.41) is 5.64. The Hall–Kier alpha value is -3.49. The van der Waals surface area contributed by atoms with E-state index in [1.165, 1.54) is 18.2 Å². The largest absolute Gasteiger partial charge is 0.349 e. The predicted molar refractivity (Wildman–Crippen MR) is 127 cm³/mol. The number of rotatable bonds is 8. The number of nitrogens with one attached hydrogen (secondary N) is 3. The highest BCUT2D eigenvalue weighted by Crippen LogP contribution is 2.21. The first-order valence-corrected chi connectivity index (χ1v) is 12.2. The maximum absolute atomic E-state index is 12.9. The Kier molecular flexibility index (Phi) is 6.57. The van der Waals surface area contributed by atoms with Gasteiger partial charge in [-0.1, -0.05) is 42.5 Å². The first kappa shape index (κ1) is 22.7. The zero-order chi connectivity index (χ0) is 23.4. The van der Waals surface area contributed by atoms with Gasteiger partial charge in [0.15, 0.2) is 0 Å². The van der Waals surface area contributed by atoms with E-state index in [0.29, 0.717) is 11.3 Å². The summed E-state index contributed by atoms with van der Waals surface area (Å²) >= 11 is 0. The Morgan fingerprint density at radius 3 is 2.21 bits per heavy atom. The van der Waals surface area contributed by atoms with E-state index in [1.54, 1.807) is 37.3 Å². The van der Waals surface area contributed by atoms with Gasteiger partial charge < -0.3 is 10.6 Å². The summed E-state index contributed by atoms with van der Waals surface area (Å²) in [6.07, 6.45) is 1.97. The van der Waals surface area contributed by atoms with Gasteiger partial charge in [-0.05, 0) is 61.7 Å². The van der Waals surface area contributed by atoms with Crippen LogP contribution in [0.25, 0.3) is 0 Å². The van der Waals surface area contributed by atoms with Crippen molar-refractivity contribution >= 4 is 27.5 Å². The highest BCUT2D eigenvalue weighted by molar-refractivity contribution is 7.89. The normalized spacial score (nSPS) is 14.3. The SMILES string of the molecule is CC(NS(=O)(=O)c1cccc(C(=O)Nc2cccc(C(=O)NC3CC3)c2)c1)c1ccccc1. The fourth-order valence-corrected chi connectivity index (χ4v) is 4.63. The number of hydrogen-bond donors (Lipinski definition) is 3.